The van der Waals surface area contributed by atoms with Crippen molar-refractivity contribution in [2.75, 3.05) is 18.9 Å². The van der Waals surface area contributed by atoms with Crippen molar-refractivity contribution in [3.05, 3.63) is 39.8 Å². The summed E-state index contributed by atoms with van der Waals surface area (Å²) in [6, 6.07) is 5.31. The molecule has 0 bridgehead atoms. The summed E-state index contributed by atoms with van der Waals surface area (Å²) in [6.45, 7) is 0.317. The Morgan fingerprint density at radius 1 is 1.35 bits per heavy atom. The molecule has 2 aromatic heterocycles. The van der Waals surface area contributed by atoms with Crippen LogP contribution in [0, 0.1) is 0 Å². The Kier molecular flexibility index (Phi) is 4.98. The normalized spacial score (nSPS) is 11.5. The van der Waals surface area contributed by atoms with Crippen molar-refractivity contribution in [2.45, 2.75) is 11.3 Å². The number of anilines is 1. The second-order valence-electron chi connectivity index (χ2n) is 3.98. The van der Waals surface area contributed by atoms with Crippen molar-refractivity contribution >= 4 is 38.6 Å². The molecule has 0 aromatic carbocycles. The fourth-order valence-corrected chi connectivity index (χ4v) is 3.95. The Morgan fingerprint density at radius 3 is 2.80 bits per heavy atom. The maximum absolute atomic E-state index is 12.2. The molecular weight excluding hydrogens is 318 g/mol. The molecule has 0 spiro atoms. The van der Waals surface area contributed by atoms with Gasteiger partial charge in [-0.05, 0) is 24.6 Å². The van der Waals surface area contributed by atoms with Gasteiger partial charge in [0.05, 0.1) is 10.0 Å². The van der Waals surface area contributed by atoms with Crippen LogP contribution in [0.25, 0.3) is 0 Å². The zero-order valence-electron chi connectivity index (χ0n) is 10.8. The minimum Gasteiger partial charge on any atom is -0.387 e. The van der Waals surface area contributed by atoms with Gasteiger partial charge in [-0.2, -0.15) is 0 Å². The monoisotopic (exact) mass is 331 g/mol. The quantitative estimate of drug-likeness (QED) is 0.852. The Balaban J connectivity index is 2.04. The molecule has 0 saturated heterocycles. The van der Waals surface area contributed by atoms with E-state index in [0.717, 1.165) is 4.88 Å². The third-order valence-corrected chi connectivity index (χ3v) is 5.42. The molecule has 8 heteroatoms. The van der Waals surface area contributed by atoms with Crippen LogP contribution < -0.4 is 10.0 Å². The molecule has 0 atom stereocenters. The molecule has 0 radical (unpaired) electrons. The second-order valence-corrected chi connectivity index (χ2v) is 7.51. The van der Waals surface area contributed by atoms with Crippen LogP contribution in [-0.2, 0) is 16.4 Å². The van der Waals surface area contributed by atoms with E-state index in [4.69, 9.17) is 11.6 Å². The summed E-state index contributed by atoms with van der Waals surface area (Å²) in [4.78, 5) is 5.04. The molecule has 0 aliphatic carbocycles. The summed E-state index contributed by atoms with van der Waals surface area (Å²) in [5, 5.41) is 2.84. The van der Waals surface area contributed by atoms with E-state index in [9.17, 15) is 8.42 Å². The highest BCUT2D eigenvalue weighted by Crippen LogP contribution is 2.22. The van der Waals surface area contributed by atoms with Crippen molar-refractivity contribution < 1.29 is 8.42 Å². The van der Waals surface area contributed by atoms with Gasteiger partial charge in [-0.3, -0.25) is 4.98 Å². The largest absolute Gasteiger partial charge is 0.387 e. The Morgan fingerprint density at radius 2 is 2.15 bits per heavy atom. The van der Waals surface area contributed by atoms with Crippen molar-refractivity contribution in [1.29, 1.82) is 0 Å². The molecule has 0 fully saturated rings. The zero-order chi connectivity index (χ0) is 14.6. The van der Waals surface area contributed by atoms with Crippen LogP contribution in [0.2, 0.25) is 4.34 Å². The summed E-state index contributed by atoms with van der Waals surface area (Å²) in [7, 11) is -1.90. The van der Waals surface area contributed by atoms with E-state index in [1.54, 1.807) is 25.4 Å². The first-order valence-electron chi connectivity index (χ1n) is 5.88. The van der Waals surface area contributed by atoms with E-state index in [1.165, 1.54) is 17.5 Å². The molecule has 108 valence electrons. The van der Waals surface area contributed by atoms with Gasteiger partial charge in [-0.15, -0.1) is 11.3 Å². The van der Waals surface area contributed by atoms with E-state index in [2.05, 4.69) is 15.0 Å². The summed E-state index contributed by atoms with van der Waals surface area (Å²) in [6.07, 6.45) is 3.47. The maximum atomic E-state index is 12.2. The summed E-state index contributed by atoms with van der Waals surface area (Å²) >= 11 is 7.28. The first-order chi connectivity index (χ1) is 9.53. The van der Waals surface area contributed by atoms with Gasteiger partial charge < -0.3 is 5.32 Å². The third kappa shape index (κ3) is 3.69. The predicted octanol–water partition coefficient (Wildman–Crippen LogP) is 2.36. The minimum absolute atomic E-state index is 0.145. The lowest BCUT2D eigenvalue weighted by Gasteiger charge is -2.10. The zero-order valence-corrected chi connectivity index (χ0v) is 13.1. The van der Waals surface area contributed by atoms with Crippen molar-refractivity contribution in [3.63, 3.8) is 0 Å². The number of nitrogens with one attached hydrogen (secondary N) is 2. The van der Waals surface area contributed by atoms with Crippen LogP contribution in [0.3, 0.4) is 0 Å². The van der Waals surface area contributed by atoms with Crippen LogP contribution in [0.15, 0.2) is 35.5 Å². The molecule has 0 saturated carbocycles. The minimum atomic E-state index is -3.57. The van der Waals surface area contributed by atoms with Gasteiger partial charge in [0.1, 0.15) is 4.90 Å². The highest BCUT2D eigenvalue weighted by Gasteiger charge is 2.17. The molecule has 0 amide bonds. The number of thiophene rings is 1. The fourth-order valence-electron chi connectivity index (χ4n) is 1.67. The average molecular weight is 332 g/mol. The molecule has 0 aliphatic rings. The number of hydrogen-bond acceptors (Lipinski definition) is 5. The summed E-state index contributed by atoms with van der Waals surface area (Å²) in [5.41, 5.74) is 0.520. The Labute approximate surface area is 127 Å². The van der Waals surface area contributed by atoms with E-state index in [-0.39, 0.29) is 4.90 Å². The highest BCUT2D eigenvalue weighted by molar-refractivity contribution is 7.89. The number of nitrogens with zero attached hydrogens (tertiary/aromatic N) is 1. The topological polar surface area (TPSA) is 71.1 Å². The van der Waals surface area contributed by atoms with Crippen molar-refractivity contribution in [3.8, 4) is 0 Å². The molecular formula is C12H14ClN3O2S2. The number of pyridine rings is 1. The van der Waals surface area contributed by atoms with Crippen LogP contribution in [0.5, 0.6) is 0 Å². The Bertz CT molecular complexity index is 686. The lowest BCUT2D eigenvalue weighted by molar-refractivity contribution is 0.582. The molecule has 2 N–H and O–H groups in total. The molecule has 5 nitrogen and oxygen atoms in total. The third-order valence-electron chi connectivity index (χ3n) is 2.64. The lowest BCUT2D eigenvalue weighted by atomic mass is 10.3. The predicted molar refractivity (Wildman–Crippen MR) is 82.0 cm³/mol. The molecule has 0 aliphatic heterocycles. The molecule has 2 aromatic rings. The van der Waals surface area contributed by atoms with E-state index in [1.807, 2.05) is 6.07 Å². The highest BCUT2D eigenvalue weighted by atomic mass is 35.5. The average Bonchev–Trinajstić information content (AvgIpc) is 2.84. The van der Waals surface area contributed by atoms with Gasteiger partial charge in [-0.1, -0.05) is 11.6 Å². The fraction of sp³-hybridized carbons (Fsp3) is 0.250. The Hall–Kier alpha value is -1.15. The van der Waals surface area contributed by atoms with Gasteiger partial charge in [-0.25, -0.2) is 13.1 Å². The lowest BCUT2D eigenvalue weighted by Crippen LogP contribution is -2.26. The van der Waals surface area contributed by atoms with Crippen molar-refractivity contribution in [1.82, 2.24) is 9.71 Å². The van der Waals surface area contributed by atoms with Crippen molar-refractivity contribution in [2.24, 2.45) is 0 Å². The standard InChI is InChI=1S/C12H14ClN3O2S2/c1-14-10-5-6-15-8-11(10)20(17,18)16-7-4-9-2-3-12(13)19-9/h2-3,5-6,8,16H,4,7H2,1H3,(H,14,15). The SMILES string of the molecule is CNc1ccncc1S(=O)(=O)NCCc1ccc(Cl)s1. The molecule has 20 heavy (non-hydrogen) atoms. The van der Waals surface area contributed by atoms with E-state index < -0.39 is 10.0 Å². The molecule has 2 heterocycles. The van der Waals surface area contributed by atoms with Gasteiger partial charge >= 0.3 is 0 Å². The first-order valence-corrected chi connectivity index (χ1v) is 8.56. The molecule has 0 unspecified atom stereocenters. The van der Waals surface area contributed by atoms with Gasteiger partial charge in [0, 0.05) is 30.9 Å². The number of rotatable bonds is 6. The number of hydrogen-bond donors (Lipinski definition) is 2. The van der Waals surface area contributed by atoms with Crippen LogP contribution >= 0.6 is 22.9 Å². The second kappa shape index (κ2) is 6.53. The van der Waals surface area contributed by atoms with Crippen LogP contribution in [0.4, 0.5) is 5.69 Å². The maximum Gasteiger partial charge on any atom is 0.244 e. The summed E-state index contributed by atoms with van der Waals surface area (Å²) < 4.78 is 27.7. The van der Waals surface area contributed by atoms with Gasteiger partial charge in [0.25, 0.3) is 0 Å². The number of aromatic nitrogens is 1. The first kappa shape index (κ1) is 15.2. The van der Waals surface area contributed by atoms with E-state index >= 15 is 0 Å². The summed E-state index contributed by atoms with van der Waals surface area (Å²) in [5.74, 6) is 0. The van der Waals surface area contributed by atoms with E-state index in [0.29, 0.717) is 23.0 Å². The van der Waals surface area contributed by atoms with Crippen LogP contribution in [0.1, 0.15) is 4.88 Å². The van der Waals surface area contributed by atoms with Crippen LogP contribution in [-0.4, -0.2) is 27.0 Å². The van der Waals surface area contributed by atoms with Gasteiger partial charge in [0.15, 0.2) is 0 Å². The number of sulfonamides is 1. The van der Waals surface area contributed by atoms with Gasteiger partial charge in [0.2, 0.25) is 10.0 Å². The number of halogens is 1. The smallest absolute Gasteiger partial charge is 0.244 e. The molecule has 2 rings (SSSR count).